The van der Waals surface area contributed by atoms with Gasteiger partial charge in [0, 0.05) is 17.3 Å². The van der Waals surface area contributed by atoms with Gasteiger partial charge in [0.2, 0.25) is 0 Å². The average Bonchev–Trinajstić information content (AvgIpc) is 3.10. The molecule has 0 radical (unpaired) electrons. The minimum atomic E-state index is 0.758. The highest BCUT2D eigenvalue weighted by Crippen LogP contribution is 2.29. The monoisotopic (exact) mass is 346 g/mol. The van der Waals surface area contributed by atoms with Crippen molar-refractivity contribution in [2.24, 2.45) is 0 Å². The van der Waals surface area contributed by atoms with Crippen LogP contribution in [0.5, 0.6) is 11.5 Å². The van der Waals surface area contributed by atoms with Gasteiger partial charge in [-0.15, -0.1) is 0 Å². The van der Waals surface area contributed by atoms with Crippen LogP contribution >= 0.6 is 0 Å². The van der Waals surface area contributed by atoms with Gasteiger partial charge in [-0.2, -0.15) is 9.61 Å². The zero-order valence-electron chi connectivity index (χ0n) is 14.5. The van der Waals surface area contributed by atoms with Crippen LogP contribution in [0.3, 0.4) is 0 Å². The van der Waals surface area contributed by atoms with E-state index in [-0.39, 0.29) is 0 Å². The quantitative estimate of drug-likeness (QED) is 0.588. The molecule has 2 aromatic carbocycles. The number of hydrogen-bond acceptors (Lipinski definition) is 5. The highest BCUT2D eigenvalue weighted by Gasteiger charge is 2.10. The number of para-hydroxylation sites is 1. The van der Waals surface area contributed by atoms with Gasteiger partial charge in [-0.25, -0.2) is 4.98 Å². The molecule has 2 aromatic heterocycles. The molecular formula is C20H18N4O2. The molecule has 0 atom stereocenters. The summed E-state index contributed by atoms with van der Waals surface area (Å²) in [5, 5.41) is 8.07. The first-order valence-electron chi connectivity index (χ1n) is 8.18. The Hall–Kier alpha value is -3.54. The maximum absolute atomic E-state index is 5.45. The number of nitrogens with zero attached hydrogens (tertiary/aromatic N) is 3. The molecule has 1 N–H and O–H groups in total. The summed E-state index contributed by atoms with van der Waals surface area (Å²) in [6.45, 7) is 0. The van der Waals surface area contributed by atoms with Crippen LogP contribution in [0.4, 0.5) is 11.5 Å². The normalized spacial score (nSPS) is 10.7. The van der Waals surface area contributed by atoms with Gasteiger partial charge in [-0.3, -0.25) is 0 Å². The first kappa shape index (κ1) is 16.0. The highest BCUT2D eigenvalue weighted by atomic mass is 16.5. The minimum absolute atomic E-state index is 0.758. The van der Waals surface area contributed by atoms with E-state index >= 15 is 0 Å². The van der Waals surface area contributed by atoms with Crippen molar-refractivity contribution in [2.45, 2.75) is 0 Å². The van der Waals surface area contributed by atoms with E-state index in [4.69, 9.17) is 14.6 Å². The lowest BCUT2D eigenvalue weighted by Crippen LogP contribution is -2.01. The number of benzene rings is 2. The van der Waals surface area contributed by atoms with Crippen molar-refractivity contribution in [1.29, 1.82) is 0 Å². The molecular weight excluding hydrogens is 328 g/mol. The third-order valence-electron chi connectivity index (χ3n) is 4.09. The number of rotatable bonds is 5. The predicted molar refractivity (Wildman–Crippen MR) is 101 cm³/mol. The summed E-state index contributed by atoms with van der Waals surface area (Å²) >= 11 is 0. The second-order valence-electron chi connectivity index (χ2n) is 5.69. The van der Waals surface area contributed by atoms with Crippen molar-refractivity contribution in [2.75, 3.05) is 19.5 Å². The third-order valence-corrected chi connectivity index (χ3v) is 4.09. The Morgan fingerprint density at radius 3 is 2.65 bits per heavy atom. The van der Waals surface area contributed by atoms with E-state index in [1.54, 1.807) is 24.9 Å². The molecule has 0 aliphatic heterocycles. The van der Waals surface area contributed by atoms with Crippen molar-refractivity contribution < 1.29 is 9.47 Å². The lowest BCUT2D eigenvalue weighted by molar-refractivity contribution is 0.415. The fourth-order valence-electron chi connectivity index (χ4n) is 2.81. The van der Waals surface area contributed by atoms with E-state index in [0.29, 0.717) is 0 Å². The molecule has 0 saturated heterocycles. The van der Waals surface area contributed by atoms with E-state index in [0.717, 1.165) is 39.9 Å². The first-order chi connectivity index (χ1) is 12.8. The zero-order valence-corrected chi connectivity index (χ0v) is 14.5. The number of ether oxygens (including phenoxy) is 2. The van der Waals surface area contributed by atoms with E-state index in [1.807, 2.05) is 60.7 Å². The van der Waals surface area contributed by atoms with Crippen molar-refractivity contribution in [3.05, 3.63) is 66.9 Å². The second kappa shape index (κ2) is 6.76. The maximum Gasteiger partial charge on any atom is 0.155 e. The van der Waals surface area contributed by atoms with Crippen molar-refractivity contribution in [3.8, 4) is 22.8 Å². The number of hydrogen-bond donors (Lipinski definition) is 1. The van der Waals surface area contributed by atoms with E-state index < -0.39 is 0 Å². The van der Waals surface area contributed by atoms with Gasteiger partial charge in [-0.1, -0.05) is 18.2 Å². The average molecular weight is 346 g/mol. The smallest absolute Gasteiger partial charge is 0.155 e. The molecule has 0 amide bonds. The second-order valence-corrected chi connectivity index (χ2v) is 5.69. The van der Waals surface area contributed by atoms with Crippen LogP contribution in [0.25, 0.3) is 16.9 Å². The van der Waals surface area contributed by atoms with Crippen molar-refractivity contribution in [1.82, 2.24) is 14.6 Å². The summed E-state index contributed by atoms with van der Waals surface area (Å²) < 4.78 is 12.5. The molecule has 26 heavy (non-hydrogen) atoms. The highest BCUT2D eigenvalue weighted by molar-refractivity contribution is 5.69. The standard InChI is InChI=1S/C20H18N4O2/c1-25-15-7-5-6-14(12-15)22-20-13-21-19-11-10-17(23-24(19)20)16-8-3-4-9-18(16)26-2/h3-13,22H,1-2H3. The Kier molecular flexibility index (Phi) is 4.15. The maximum atomic E-state index is 5.45. The third kappa shape index (κ3) is 2.93. The lowest BCUT2D eigenvalue weighted by Gasteiger charge is -2.10. The number of anilines is 2. The molecule has 0 saturated carbocycles. The topological polar surface area (TPSA) is 60.7 Å². The van der Waals surface area contributed by atoms with Gasteiger partial charge in [0.15, 0.2) is 11.5 Å². The molecule has 0 spiro atoms. The Morgan fingerprint density at radius 2 is 1.81 bits per heavy atom. The molecule has 6 heteroatoms. The van der Waals surface area contributed by atoms with Crippen LogP contribution in [0.15, 0.2) is 66.9 Å². The first-order valence-corrected chi connectivity index (χ1v) is 8.18. The molecule has 0 unspecified atom stereocenters. The Morgan fingerprint density at radius 1 is 0.923 bits per heavy atom. The minimum Gasteiger partial charge on any atom is -0.497 e. The number of fused-ring (bicyclic) bond motifs is 1. The number of imidazole rings is 1. The molecule has 130 valence electrons. The molecule has 0 fully saturated rings. The SMILES string of the molecule is COc1cccc(Nc2cnc3ccc(-c4ccccc4OC)nn23)c1. The largest absolute Gasteiger partial charge is 0.497 e. The van der Waals surface area contributed by atoms with E-state index in [9.17, 15) is 0 Å². The predicted octanol–water partition coefficient (Wildman–Crippen LogP) is 4.16. The zero-order chi connectivity index (χ0) is 17.9. The van der Waals surface area contributed by atoms with Gasteiger partial charge in [0.1, 0.15) is 11.5 Å². The van der Waals surface area contributed by atoms with Crippen LogP contribution in [0.2, 0.25) is 0 Å². The summed E-state index contributed by atoms with van der Waals surface area (Å²) in [5.74, 6) is 2.33. The number of nitrogens with one attached hydrogen (secondary N) is 1. The van der Waals surface area contributed by atoms with Crippen LogP contribution < -0.4 is 14.8 Å². The summed E-state index contributed by atoms with van der Waals surface area (Å²) in [6, 6.07) is 19.4. The van der Waals surface area contributed by atoms with Crippen molar-refractivity contribution >= 4 is 17.2 Å². The molecule has 2 heterocycles. The number of methoxy groups -OCH3 is 2. The molecule has 0 aliphatic rings. The van der Waals surface area contributed by atoms with Crippen LogP contribution in [0, 0.1) is 0 Å². The summed E-state index contributed by atoms with van der Waals surface area (Å²) in [7, 11) is 3.30. The van der Waals surface area contributed by atoms with Gasteiger partial charge in [0.05, 0.1) is 26.1 Å². The van der Waals surface area contributed by atoms with Gasteiger partial charge < -0.3 is 14.8 Å². The molecule has 6 nitrogen and oxygen atoms in total. The lowest BCUT2D eigenvalue weighted by atomic mass is 10.1. The molecule has 4 aromatic rings. The number of aromatic nitrogens is 3. The van der Waals surface area contributed by atoms with Crippen LogP contribution in [-0.2, 0) is 0 Å². The van der Waals surface area contributed by atoms with E-state index in [1.165, 1.54) is 0 Å². The Bertz CT molecular complexity index is 1060. The summed E-state index contributed by atoms with van der Waals surface area (Å²) in [4.78, 5) is 4.41. The molecule has 4 rings (SSSR count). The summed E-state index contributed by atoms with van der Waals surface area (Å²) in [5.41, 5.74) is 3.39. The molecule has 0 aliphatic carbocycles. The van der Waals surface area contributed by atoms with E-state index in [2.05, 4.69) is 10.3 Å². The Labute approximate surface area is 151 Å². The fourth-order valence-corrected chi connectivity index (χ4v) is 2.81. The van der Waals surface area contributed by atoms with Gasteiger partial charge >= 0.3 is 0 Å². The van der Waals surface area contributed by atoms with Crippen LogP contribution in [0.1, 0.15) is 0 Å². The summed E-state index contributed by atoms with van der Waals surface area (Å²) in [6.07, 6.45) is 1.76. The van der Waals surface area contributed by atoms with Gasteiger partial charge in [0.25, 0.3) is 0 Å². The van der Waals surface area contributed by atoms with Crippen LogP contribution in [-0.4, -0.2) is 28.8 Å². The van der Waals surface area contributed by atoms with Gasteiger partial charge in [-0.05, 0) is 36.4 Å². The van der Waals surface area contributed by atoms with Crippen molar-refractivity contribution in [3.63, 3.8) is 0 Å². The molecule has 0 bridgehead atoms. The fraction of sp³-hybridized carbons (Fsp3) is 0.100. The Balaban J connectivity index is 1.75.